The van der Waals surface area contributed by atoms with Gasteiger partial charge < -0.3 is 50.9 Å². The molecule has 5 atom stereocenters. The van der Waals surface area contributed by atoms with E-state index < -0.39 is 83.6 Å². The van der Waals surface area contributed by atoms with Gasteiger partial charge >= 0.3 is 13.3 Å². The number of fused-ring (bicyclic) bond motifs is 1. The third-order valence-corrected chi connectivity index (χ3v) is 18.5. The minimum absolute atomic E-state index is 0.0152. The molecule has 7 amide bonds. The normalized spacial score (nSPS) is 18.1. The molecule has 2 fully saturated rings. The number of halogens is 3. The van der Waals surface area contributed by atoms with Crippen LogP contribution < -0.4 is 26.2 Å². The molecule has 466 valence electrons. The molecule has 86 heavy (non-hydrogen) atoms. The Kier molecular flexibility index (Phi) is 22.5. The smallest absolute Gasteiger partial charge is 0.391 e. The van der Waals surface area contributed by atoms with Gasteiger partial charge in [0.25, 0.3) is 5.91 Å². The predicted octanol–water partition coefficient (Wildman–Crippen LogP) is 9.31. The molecule has 19 nitrogen and oxygen atoms in total. The van der Waals surface area contributed by atoms with Gasteiger partial charge in [-0.05, 0) is 108 Å². The Labute approximate surface area is 513 Å². The maximum Gasteiger partial charge on any atom is 0.399 e. The van der Waals surface area contributed by atoms with Crippen molar-refractivity contribution in [3.05, 3.63) is 105 Å². The molecule has 7 N–H and O–H groups in total. The summed E-state index contributed by atoms with van der Waals surface area (Å²) < 4.78 is 41.8. The highest BCUT2D eigenvalue weighted by molar-refractivity contribution is 9.10. The second-order valence-electron chi connectivity index (χ2n) is 24.6. The van der Waals surface area contributed by atoms with Crippen LogP contribution in [0.4, 0.5) is 14.5 Å². The molecule has 0 bridgehead atoms. The molecule has 3 aromatic carbocycles. The first kappa shape index (κ1) is 67.3. The van der Waals surface area contributed by atoms with Crippen molar-refractivity contribution in [3.8, 4) is 0 Å². The van der Waals surface area contributed by atoms with E-state index in [9.17, 15) is 61.8 Å². The van der Waals surface area contributed by atoms with Crippen molar-refractivity contribution in [2.24, 2.45) is 15.8 Å². The zero-order valence-electron chi connectivity index (χ0n) is 49.8. The molecular formula is C62H80BrF2N8O11PS. The lowest BCUT2D eigenvalue weighted by Gasteiger charge is -2.36. The monoisotopic (exact) mass is 1290 g/mol. The Hall–Kier alpha value is -6.23. The minimum atomic E-state index is -5.84. The number of rotatable bonds is 25. The van der Waals surface area contributed by atoms with Crippen LogP contribution in [-0.2, 0) is 45.5 Å². The van der Waals surface area contributed by atoms with E-state index >= 15 is 0 Å². The highest BCUT2D eigenvalue weighted by Crippen LogP contribution is 2.59. The average molecular weight is 1290 g/mol. The highest BCUT2D eigenvalue weighted by atomic mass is 79.9. The number of aliphatic hydroxyl groups is 1. The topological polar surface area (TPSA) is 267 Å². The number of nitrogens with one attached hydrogen (secondary N) is 4. The lowest BCUT2D eigenvalue weighted by Crippen LogP contribution is -2.58. The number of unbranched alkanes of at least 4 members (excludes halogenated alkanes) is 5. The second kappa shape index (κ2) is 28.7. The van der Waals surface area contributed by atoms with Crippen LogP contribution in [0.15, 0.2) is 88.0 Å². The second-order valence-corrected chi connectivity index (χ2v) is 28.3. The van der Waals surface area contributed by atoms with Crippen molar-refractivity contribution in [2.75, 3.05) is 31.1 Å². The number of allylic oxidation sites excluding steroid dienone is 2. The fraction of sp³-hybridized carbons (Fsp3) is 0.516. The summed E-state index contributed by atoms with van der Waals surface area (Å²) in [5.41, 5.74) is -2.28. The van der Waals surface area contributed by atoms with E-state index in [4.69, 9.17) is 0 Å². The van der Waals surface area contributed by atoms with Crippen LogP contribution >= 0.6 is 34.9 Å². The Morgan fingerprint density at radius 1 is 0.791 bits per heavy atom. The number of benzene rings is 3. The number of aliphatic hydroxyl groups excluding tert-OH is 1. The van der Waals surface area contributed by atoms with Crippen LogP contribution in [0.3, 0.4) is 0 Å². The summed E-state index contributed by atoms with van der Waals surface area (Å²) in [6, 6.07) is 15.4. The Bertz CT molecular complexity index is 3250. The van der Waals surface area contributed by atoms with Gasteiger partial charge in [-0.2, -0.15) is 8.78 Å². The molecule has 0 radical (unpaired) electrons. The molecule has 2 saturated heterocycles. The summed E-state index contributed by atoms with van der Waals surface area (Å²) in [6.07, 6.45) is 7.48. The van der Waals surface area contributed by atoms with E-state index in [1.165, 1.54) is 26.8 Å². The Morgan fingerprint density at radius 2 is 1.43 bits per heavy atom. The van der Waals surface area contributed by atoms with Crippen molar-refractivity contribution >= 4 is 104 Å². The van der Waals surface area contributed by atoms with Crippen molar-refractivity contribution in [2.45, 2.75) is 168 Å². The van der Waals surface area contributed by atoms with Crippen molar-refractivity contribution < 1.29 is 61.8 Å². The fourth-order valence-electron chi connectivity index (χ4n) is 10.9. The van der Waals surface area contributed by atoms with Crippen LogP contribution in [0.2, 0.25) is 0 Å². The highest BCUT2D eigenvalue weighted by Gasteiger charge is 2.51. The van der Waals surface area contributed by atoms with E-state index in [2.05, 4.69) is 42.2 Å². The molecule has 3 aliphatic rings. The summed E-state index contributed by atoms with van der Waals surface area (Å²) in [6.45, 7) is 13.7. The standard InChI is InChI=1S/C62H80BrF2N8O11PS/c1-38-46(27-30-66-38)40-19-17-39(18-20-40)36-68-55(77)48-35-45(74)37-73(48)59(81)53(60(2,3)4)69-52(76)16-12-10-8-9-11-13-29-67-51(75)28-32-71(44-24-22-43(63)23-25-44)57(79)47-15-14-31-72(47)58(80)54(61(5,6)7)70-56(78)50-34-41-33-42(21-26-49(41)86-50)62(64,65)85(82,83)84/h17-26,30,33-34,45,47-48,53-54,74H,8-16,27-29,31-32,35-37H2,1-7H3,(H,67,75)(H,68,77)(H,69,76)(H,70,78)(H2,82,83,84)/t45-,47?,48+,53?,54?/m1/s1. The molecule has 4 heterocycles. The maximum absolute atomic E-state index is 14.6. The van der Waals surface area contributed by atoms with E-state index in [1.54, 1.807) is 45.0 Å². The number of carbonyl (C=O) groups excluding carboxylic acids is 7. The molecule has 0 spiro atoms. The van der Waals surface area contributed by atoms with Gasteiger partial charge in [0, 0.05) is 90.7 Å². The molecule has 1 aromatic heterocycles. The quantitative estimate of drug-likeness (QED) is 0.0243. The number of nitrogens with zero attached hydrogens (tertiary/aromatic N) is 4. The first-order valence-electron chi connectivity index (χ1n) is 29.2. The van der Waals surface area contributed by atoms with Crippen molar-refractivity contribution in [1.82, 2.24) is 31.1 Å². The molecule has 7 rings (SSSR count). The lowest BCUT2D eigenvalue weighted by atomic mass is 9.85. The Morgan fingerprint density at radius 3 is 2.07 bits per heavy atom. The van der Waals surface area contributed by atoms with Gasteiger partial charge in [0.05, 0.1) is 11.0 Å². The molecule has 4 aromatic rings. The fourth-order valence-corrected chi connectivity index (χ4v) is 12.6. The third-order valence-electron chi connectivity index (χ3n) is 15.9. The minimum Gasteiger partial charge on any atom is -0.391 e. The average Bonchev–Trinajstić information content (AvgIpc) is 1.94. The molecular weight excluding hydrogens is 1210 g/mol. The molecule has 24 heteroatoms. The number of β-amino-alcohol motifs (C(OH)–C–C–N with tert-alkyl or cyclic N) is 1. The summed E-state index contributed by atoms with van der Waals surface area (Å²) >= 11 is 4.40. The zero-order valence-corrected chi connectivity index (χ0v) is 53.1. The van der Waals surface area contributed by atoms with Crippen molar-refractivity contribution in [1.29, 1.82) is 0 Å². The van der Waals surface area contributed by atoms with Crippen molar-refractivity contribution in [3.63, 3.8) is 0 Å². The third kappa shape index (κ3) is 17.1. The molecule has 3 aliphatic heterocycles. The van der Waals surface area contributed by atoms with E-state index in [0.29, 0.717) is 42.6 Å². The van der Waals surface area contributed by atoms with Crippen LogP contribution in [0.25, 0.3) is 15.7 Å². The van der Waals surface area contributed by atoms with E-state index in [-0.39, 0.29) is 73.4 Å². The van der Waals surface area contributed by atoms with Crippen LogP contribution in [0.5, 0.6) is 0 Å². The summed E-state index contributed by atoms with van der Waals surface area (Å²) in [5, 5.41) is 22.4. The number of alkyl halides is 2. The van der Waals surface area contributed by atoms with Crippen LogP contribution in [-0.4, -0.2) is 129 Å². The number of carbonyl (C=O) groups is 7. The number of aliphatic imine (C=N–C) groups is 1. The van der Waals surface area contributed by atoms with Gasteiger partial charge in [-0.15, -0.1) is 11.3 Å². The lowest BCUT2D eigenvalue weighted by molar-refractivity contribution is -0.144. The zero-order chi connectivity index (χ0) is 62.9. The first-order valence-corrected chi connectivity index (χ1v) is 32.5. The van der Waals surface area contributed by atoms with Gasteiger partial charge in [0.15, 0.2) is 0 Å². The molecule has 0 aliphatic carbocycles. The largest absolute Gasteiger partial charge is 0.399 e. The molecule has 0 saturated carbocycles. The Balaban J connectivity index is 0.839. The number of thiophene rings is 1. The van der Waals surface area contributed by atoms with Gasteiger partial charge in [-0.25, -0.2) is 0 Å². The maximum atomic E-state index is 14.6. The summed E-state index contributed by atoms with van der Waals surface area (Å²) in [5.74, 6) is -2.91. The van der Waals surface area contributed by atoms with E-state index in [0.717, 1.165) is 82.4 Å². The van der Waals surface area contributed by atoms with Crippen LogP contribution in [0.1, 0.15) is 152 Å². The number of anilines is 1. The van der Waals surface area contributed by atoms with E-state index in [1.807, 2.05) is 58.2 Å². The summed E-state index contributed by atoms with van der Waals surface area (Å²) in [4.78, 5) is 124. The summed E-state index contributed by atoms with van der Waals surface area (Å²) in [7, 11) is -5.84. The van der Waals surface area contributed by atoms with Gasteiger partial charge in [-0.1, -0.05) is 113 Å². The SMILES string of the molecule is CC1=C(c2ccc(CNC(=O)[C@@H]3C[C@@H](O)CN3C(=O)C(NC(=O)CCCCCCCCNC(=O)CCN(C(=O)C3CCCN3C(=O)C(NC(=O)c3cc4cc(C(F)(F)P(=O)(O)O)ccc4s3)C(C)(C)C)c3ccc(Br)cc3)C(C)(C)C)cc2)CC=N1. The van der Waals surface area contributed by atoms with Gasteiger partial charge in [0.1, 0.15) is 24.2 Å². The predicted molar refractivity (Wildman–Crippen MR) is 331 cm³/mol. The van der Waals surface area contributed by atoms with Crippen LogP contribution in [0, 0.1) is 10.8 Å². The number of hydrogen-bond donors (Lipinski definition) is 7. The van der Waals surface area contributed by atoms with Gasteiger partial charge in [0.2, 0.25) is 35.4 Å². The van der Waals surface area contributed by atoms with Gasteiger partial charge in [-0.3, -0.25) is 43.1 Å². The number of likely N-dealkylation sites (tertiary alicyclic amines) is 2. The molecule has 3 unspecified atom stereocenters. The number of hydrogen-bond acceptors (Lipinski definition) is 11. The number of amides is 7. The first-order chi connectivity index (χ1) is 40.4.